The summed E-state index contributed by atoms with van der Waals surface area (Å²) in [5, 5.41) is 7.11. The Morgan fingerprint density at radius 1 is 1.23 bits per heavy atom. The topological polar surface area (TPSA) is 142 Å². The molecule has 0 radical (unpaired) electrons. The molecule has 4 N–H and O–H groups in total. The Bertz CT molecular complexity index is 894. The summed E-state index contributed by atoms with van der Waals surface area (Å²) >= 11 is 0. The van der Waals surface area contributed by atoms with Crippen LogP contribution in [0.2, 0.25) is 0 Å². The Kier molecular flexibility index (Phi) is 6.50. The van der Waals surface area contributed by atoms with Crippen LogP contribution in [0.4, 0.5) is 0 Å². The monoisotopic (exact) mass is 377 g/mol. The van der Waals surface area contributed by atoms with Gasteiger partial charge in [-0.15, -0.1) is 5.10 Å². The highest BCUT2D eigenvalue weighted by atomic mass is 32.2. The molecule has 0 aliphatic rings. The van der Waals surface area contributed by atoms with E-state index in [2.05, 4.69) is 15.2 Å². The molecule has 9 nitrogen and oxygen atoms in total. The summed E-state index contributed by atoms with van der Waals surface area (Å²) in [6, 6.07) is 7.84. The highest BCUT2D eigenvalue weighted by molar-refractivity contribution is 7.87. The molecule has 26 heavy (non-hydrogen) atoms. The normalized spacial score (nSPS) is 11.3. The first kappa shape index (κ1) is 19.2. The van der Waals surface area contributed by atoms with Gasteiger partial charge in [-0.2, -0.15) is 13.5 Å². The summed E-state index contributed by atoms with van der Waals surface area (Å²) in [5.74, 6) is 0.553. The molecule has 138 valence electrons. The predicted molar refractivity (Wildman–Crippen MR) is 97.6 cm³/mol. The van der Waals surface area contributed by atoms with Gasteiger partial charge in [0, 0.05) is 30.6 Å². The molecule has 2 aromatic rings. The predicted octanol–water partition coefficient (Wildman–Crippen LogP) is 1.19. The number of nitrogens with two attached hydrogens (primary N) is 2. The van der Waals surface area contributed by atoms with Crippen molar-refractivity contribution in [2.45, 2.75) is 18.2 Å². The van der Waals surface area contributed by atoms with Crippen LogP contribution in [0.5, 0.6) is 11.5 Å². The molecule has 0 spiro atoms. The molecule has 10 heteroatoms. The van der Waals surface area contributed by atoms with E-state index in [9.17, 15) is 8.42 Å². The molecule has 0 atom stereocenters. The number of guanidine groups is 1. The number of hydrogen-bond acceptors (Lipinski definition) is 7. The van der Waals surface area contributed by atoms with Crippen LogP contribution in [-0.2, 0) is 10.1 Å². The van der Waals surface area contributed by atoms with Crippen molar-refractivity contribution in [2.24, 2.45) is 21.7 Å². The number of nitrogens with zero attached hydrogens (tertiary/aromatic N) is 3. The van der Waals surface area contributed by atoms with Gasteiger partial charge in [0.1, 0.15) is 16.4 Å². The summed E-state index contributed by atoms with van der Waals surface area (Å²) < 4.78 is 35.4. The van der Waals surface area contributed by atoms with E-state index in [-0.39, 0.29) is 16.6 Å². The van der Waals surface area contributed by atoms with E-state index < -0.39 is 10.1 Å². The second kappa shape index (κ2) is 8.81. The summed E-state index contributed by atoms with van der Waals surface area (Å²) in [4.78, 5) is 3.76. The van der Waals surface area contributed by atoms with E-state index >= 15 is 0 Å². The van der Waals surface area contributed by atoms with Gasteiger partial charge in [0.25, 0.3) is 0 Å². The zero-order valence-corrected chi connectivity index (χ0v) is 14.9. The van der Waals surface area contributed by atoms with E-state index in [1.165, 1.54) is 30.7 Å². The van der Waals surface area contributed by atoms with Crippen molar-refractivity contribution in [1.29, 1.82) is 0 Å². The van der Waals surface area contributed by atoms with Crippen LogP contribution in [0.1, 0.15) is 12.0 Å². The van der Waals surface area contributed by atoms with Crippen molar-refractivity contribution in [3.63, 3.8) is 0 Å². The van der Waals surface area contributed by atoms with Gasteiger partial charge in [0.05, 0.1) is 6.61 Å². The molecular weight excluding hydrogens is 358 g/mol. The number of aromatic nitrogens is 1. The van der Waals surface area contributed by atoms with Crippen LogP contribution >= 0.6 is 0 Å². The Morgan fingerprint density at radius 3 is 2.69 bits per heavy atom. The van der Waals surface area contributed by atoms with Crippen molar-refractivity contribution < 1.29 is 17.3 Å². The Balaban J connectivity index is 2.05. The third kappa shape index (κ3) is 5.45. The molecule has 0 saturated carbocycles. The second-order valence-electron chi connectivity index (χ2n) is 5.07. The second-order valence-corrected chi connectivity index (χ2v) is 6.61. The van der Waals surface area contributed by atoms with Crippen molar-refractivity contribution in [2.75, 3.05) is 6.61 Å². The number of hydrogen-bond donors (Lipinski definition) is 2. The van der Waals surface area contributed by atoms with Crippen molar-refractivity contribution in [1.82, 2.24) is 4.98 Å². The minimum absolute atomic E-state index is 0.0262. The van der Waals surface area contributed by atoms with Crippen LogP contribution < -0.4 is 20.4 Å². The lowest BCUT2D eigenvalue weighted by Crippen LogP contribution is -2.21. The summed E-state index contributed by atoms with van der Waals surface area (Å²) in [6.07, 6.45) is 4.67. The van der Waals surface area contributed by atoms with Crippen LogP contribution in [0.3, 0.4) is 0 Å². The Labute approximate surface area is 151 Å². The van der Waals surface area contributed by atoms with E-state index in [0.717, 1.165) is 0 Å². The average molecular weight is 377 g/mol. The first-order valence-corrected chi connectivity index (χ1v) is 8.98. The fourth-order valence-corrected chi connectivity index (χ4v) is 2.84. The molecule has 0 aliphatic carbocycles. The van der Waals surface area contributed by atoms with Crippen LogP contribution in [0.25, 0.3) is 0 Å². The van der Waals surface area contributed by atoms with Gasteiger partial charge in [-0.25, -0.2) is 0 Å². The lowest BCUT2D eigenvalue weighted by molar-refractivity contribution is 0.326. The minimum atomic E-state index is -3.97. The first-order valence-electron chi connectivity index (χ1n) is 7.57. The number of rotatable bonds is 8. The van der Waals surface area contributed by atoms with Gasteiger partial charge in [0.2, 0.25) is 5.96 Å². The van der Waals surface area contributed by atoms with E-state index in [1.54, 1.807) is 25.1 Å². The lowest BCUT2D eigenvalue weighted by Gasteiger charge is -2.13. The smallest absolute Gasteiger partial charge is 0.340 e. The van der Waals surface area contributed by atoms with Crippen molar-refractivity contribution in [3.05, 3.63) is 48.3 Å². The zero-order valence-electron chi connectivity index (χ0n) is 14.1. The van der Waals surface area contributed by atoms with Crippen LogP contribution in [0.15, 0.2) is 57.8 Å². The number of ether oxygens (including phenoxy) is 1. The van der Waals surface area contributed by atoms with E-state index in [1.807, 2.05) is 0 Å². The van der Waals surface area contributed by atoms with Crippen molar-refractivity contribution >= 4 is 22.3 Å². The maximum absolute atomic E-state index is 12.3. The third-order valence-electron chi connectivity index (χ3n) is 3.12. The van der Waals surface area contributed by atoms with Crippen molar-refractivity contribution in [3.8, 4) is 11.5 Å². The fourth-order valence-electron chi connectivity index (χ4n) is 1.89. The summed E-state index contributed by atoms with van der Waals surface area (Å²) in [7, 11) is -3.97. The standard InChI is InChI=1S/C16H19N5O4S/c1-12-14(24-10-4-9-20-21-16(17)18)6-2-7-15(12)25-26(22,23)13-5-3-8-19-11-13/h2-3,5-9,11H,4,10H2,1H3,(H4,17,18,21)/b20-9-. The molecule has 2 rings (SSSR count). The molecule has 1 aromatic carbocycles. The van der Waals surface area contributed by atoms with E-state index in [4.69, 9.17) is 20.4 Å². The largest absolute Gasteiger partial charge is 0.493 e. The van der Waals surface area contributed by atoms with E-state index in [0.29, 0.717) is 24.3 Å². The maximum Gasteiger partial charge on any atom is 0.340 e. The van der Waals surface area contributed by atoms with Gasteiger partial charge < -0.3 is 20.4 Å². The first-order chi connectivity index (χ1) is 12.4. The molecule has 0 amide bonds. The number of pyridine rings is 1. The maximum atomic E-state index is 12.3. The molecule has 0 bridgehead atoms. The molecule has 0 aliphatic heterocycles. The van der Waals surface area contributed by atoms with Gasteiger partial charge >= 0.3 is 10.1 Å². The average Bonchev–Trinajstić information content (AvgIpc) is 2.61. The van der Waals surface area contributed by atoms with Gasteiger partial charge in [-0.3, -0.25) is 4.98 Å². The minimum Gasteiger partial charge on any atom is -0.493 e. The summed E-state index contributed by atoms with van der Waals surface area (Å²) in [5.41, 5.74) is 10.8. The van der Waals surface area contributed by atoms with Gasteiger partial charge in [0.15, 0.2) is 0 Å². The summed E-state index contributed by atoms with van der Waals surface area (Å²) in [6.45, 7) is 2.01. The zero-order chi connectivity index (χ0) is 19.0. The van der Waals surface area contributed by atoms with Crippen LogP contribution in [-0.4, -0.2) is 32.2 Å². The van der Waals surface area contributed by atoms with Crippen LogP contribution in [0, 0.1) is 6.92 Å². The molecule has 1 heterocycles. The molecule has 0 unspecified atom stereocenters. The van der Waals surface area contributed by atoms with Gasteiger partial charge in [-0.1, -0.05) is 6.07 Å². The molecule has 1 aromatic heterocycles. The lowest BCUT2D eigenvalue weighted by atomic mass is 10.2. The third-order valence-corrected chi connectivity index (χ3v) is 4.33. The Hall–Kier alpha value is -3.14. The number of benzene rings is 1. The molecule has 0 fully saturated rings. The van der Waals surface area contributed by atoms with Gasteiger partial charge in [-0.05, 0) is 31.2 Å². The fraction of sp³-hybridized carbons (Fsp3) is 0.188. The molecular formula is C16H19N5O4S. The quantitative estimate of drug-likeness (QED) is 0.231. The Morgan fingerprint density at radius 2 is 2.00 bits per heavy atom. The highest BCUT2D eigenvalue weighted by Crippen LogP contribution is 2.29. The SMILES string of the molecule is Cc1c(OCC/C=N\N=C(N)N)cccc1OS(=O)(=O)c1cccnc1. The highest BCUT2D eigenvalue weighted by Gasteiger charge is 2.19. The molecule has 0 saturated heterocycles.